The number of imide groups is 1. The Balaban J connectivity index is 1.52. The standard InChI is InChI=1S/C22H24N2O4/c1-3-27-19-11-15-9-10-23(13-16(15)12-20(19)28-4-2)14-24-21(25)17-7-5-6-8-18(17)22(24)26/h5-8,11-12H,3-4,9-10,13-14H2,1-2H3/p+1. The SMILES string of the molecule is CCOc1cc2c(cc1OCC)C[NH+](CN1C(=O)c3ccccc3C1=O)CC2. The van der Waals surface area contributed by atoms with E-state index in [1.165, 1.54) is 20.9 Å². The molecular weight excluding hydrogens is 356 g/mol. The van der Waals surface area contributed by atoms with Gasteiger partial charge in [-0.25, -0.2) is 4.90 Å². The first-order valence-electron chi connectivity index (χ1n) is 9.82. The molecule has 2 heterocycles. The third-order valence-corrected chi connectivity index (χ3v) is 5.31. The van der Waals surface area contributed by atoms with Crippen LogP contribution in [0.25, 0.3) is 0 Å². The number of ether oxygens (including phenoxy) is 2. The molecule has 0 bridgehead atoms. The molecule has 2 aliphatic heterocycles. The Kier molecular flexibility index (Phi) is 5.05. The van der Waals surface area contributed by atoms with Gasteiger partial charge in [0, 0.05) is 12.0 Å². The monoisotopic (exact) mass is 381 g/mol. The molecule has 2 aliphatic rings. The zero-order valence-electron chi connectivity index (χ0n) is 16.3. The van der Waals surface area contributed by atoms with Crippen LogP contribution < -0.4 is 14.4 Å². The van der Waals surface area contributed by atoms with Crippen LogP contribution in [0, 0.1) is 0 Å². The van der Waals surface area contributed by atoms with E-state index < -0.39 is 0 Å². The van der Waals surface area contributed by atoms with Crippen LogP contribution in [-0.2, 0) is 13.0 Å². The van der Waals surface area contributed by atoms with E-state index in [1.54, 1.807) is 24.3 Å². The number of fused-ring (bicyclic) bond motifs is 2. The highest BCUT2D eigenvalue weighted by molar-refractivity contribution is 6.21. The average molecular weight is 381 g/mol. The van der Waals surface area contributed by atoms with Crippen molar-refractivity contribution in [3.63, 3.8) is 0 Å². The van der Waals surface area contributed by atoms with E-state index in [2.05, 4.69) is 6.07 Å². The molecule has 6 heteroatoms. The minimum Gasteiger partial charge on any atom is -0.490 e. The molecule has 2 amide bonds. The number of benzene rings is 2. The van der Waals surface area contributed by atoms with Gasteiger partial charge in [0.15, 0.2) is 18.2 Å². The van der Waals surface area contributed by atoms with Gasteiger partial charge in [-0.1, -0.05) is 12.1 Å². The van der Waals surface area contributed by atoms with Crippen LogP contribution in [-0.4, -0.2) is 43.1 Å². The summed E-state index contributed by atoms with van der Waals surface area (Å²) in [6, 6.07) is 11.2. The summed E-state index contributed by atoms with van der Waals surface area (Å²) in [4.78, 5) is 27.8. The van der Waals surface area contributed by atoms with Gasteiger partial charge in [-0.15, -0.1) is 0 Å². The predicted octanol–water partition coefficient (Wildman–Crippen LogP) is 1.68. The quantitative estimate of drug-likeness (QED) is 0.774. The van der Waals surface area contributed by atoms with Gasteiger partial charge in [0.05, 0.1) is 30.9 Å². The van der Waals surface area contributed by atoms with E-state index >= 15 is 0 Å². The molecule has 1 atom stereocenters. The van der Waals surface area contributed by atoms with E-state index in [0.29, 0.717) is 31.0 Å². The van der Waals surface area contributed by atoms with Crippen molar-refractivity contribution in [3.05, 3.63) is 58.7 Å². The predicted molar refractivity (Wildman–Crippen MR) is 104 cm³/mol. The van der Waals surface area contributed by atoms with E-state index in [0.717, 1.165) is 31.0 Å². The van der Waals surface area contributed by atoms with E-state index in [9.17, 15) is 9.59 Å². The highest BCUT2D eigenvalue weighted by atomic mass is 16.5. The third-order valence-electron chi connectivity index (χ3n) is 5.31. The summed E-state index contributed by atoms with van der Waals surface area (Å²) in [5, 5.41) is 0. The maximum atomic E-state index is 12.6. The molecule has 1 unspecified atom stereocenters. The zero-order valence-corrected chi connectivity index (χ0v) is 16.3. The largest absolute Gasteiger partial charge is 0.490 e. The summed E-state index contributed by atoms with van der Waals surface area (Å²) in [5.41, 5.74) is 3.44. The van der Waals surface area contributed by atoms with E-state index in [1.807, 2.05) is 19.9 Å². The Hall–Kier alpha value is -2.86. The van der Waals surface area contributed by atoms with Crippen molar-refractivity contribution in [3.8, 4) is 11.5 Å². The van der Waals surface area contributed by atoms with Crippen molar-refractivity contribution in [2.45, 2.75) is 26.8 Å². The topological polar surface area (TPSA) is 60.3 Å². The molecule has 0 radical (unpaired) electrons. The van der Waals surface area contributed by atoms with Crippen LogP contribution in [0.15, 0.2) is 36.4 Å². The smallest absolute Gasteiger partial charge is 0.265 e. The van der Waals surface area contributed by atoms with Crippen molar-refractivity contribution in [1.29, 1.82) is 0 Å². The summed E-state index contributed by atoms with van der Waals surface area (Å²) in [6.45, 7) is 7.07. The van der Waals surface area contributed by atoms with Crippen molar-refractivity contribution in [2.75, 3.05) is 26.4 Å². The van der Waals surface area contributed by atoms with Crippen molar-refractivity contribution in [1.82, 2.24) is 4.90 Å². The highest BCUT2D eigenvalue weighted by Crippen LogP contribution is 2.32. The summed E-state index contributed by atoms with van der Waals surface area (Å²) in [7, 11) is 0. The van der Waals surface area contributed by atoms with Crippen LogP contribution in [0.4, 0.5) is 0 Å². The lowest BCUT2D eigenvalue weighted by Gasteiger charge is -2.29. The number of quaternary nitrogens is 1. The van der Waals surface area contributed by atoms with Crippen LogP contribution in [0.2, 0.25) is 0 Å². The third kappa shape index (κ3) is 3.24. The van der Waals surface area contributed by atoms with Crippen molar-refractivity contribution in [2.24, 2.45) is 0 Å². The first-order valence-corrected chi connectivity index (χ1v) is 9.82. The molecule has 0 saturated carbocycles. The first kappa shape index (κ1) is 18.5. The number of hydrogen-bond donors (Lipinski definition) is 1. The van der Waals surface area contributed by atoms with E-state index in [-0.39, 0.29) is 11.8 Å². The second kappa shape index (κ2) is 7.64. The molecule has 6 nitrogen and oxygen atoms in total. The van der Waals surface area contributed by atoms with Gasteiger partial charge in [0.1, 0.15) is 6.54 Å². The molecule has 0 fully saturated rings. The van der Waals surface area contributed by atoms with Crippen LogP contribution in [0.5, 0.6) is 11.5 Å². The molecule has 0 aliphatic carbocycles. The Morgan fingerprint density at radius 3 is 2.07 bits per heavy atom. The maximum Gasteiger partial charge on any atom is 0.265 e. The lowest BCUT2D eigenvalue weighted by atomic mass is 9.99. The molecule has 28 heavy (non-hydrogen) atoms. The summed E-state index contributed by atoms with van der Waals surface area (Å²) >= 11 is 0. The Bertz CT molecular complexity index is 890. The first-order chi connectivity index (χ1) is 13.6. The number of carbonyl (C=O) groups is 2. The molecule has 2 aromatic carbocycles. The van der Waals surface area contributed by atoms with Gasteiger partial charge in [0.2, 0.25) is 0 Å². The normalized spacial score (nSPS) is 18.1. The molecule has 146 valence electrons. The number of carbonyl (C=O) groups excluding carboxylic acids is 2. The van der Waals surface area contributed by atoms with Gasteiger partial charge in [-0.05, 0) is 43.7 Å². The summed E-state index contributed by atoms with van der Waals surface area (Å²) in [5.74, 6) is 1.15. The van der Waals surface area contributed by atoms with Crippen molar-refractivity contribution < 1.29 is 24.0 Å². The fourth-order valence-corrected chi connectivity index (χ4v) is 3.99. The number of nitrogens with zero attached hydrogens (tertiary/aromatic N) is 1. The number of rotatable bonds is 6. The second-order valence-electron chi connectivity index (χ2n) is 7.10. The van der Waals surface area contributed by atoms with Crippen LogP contribution in [0.1, 0.15) is 45.7 Å². The van der Waals surface area contributed by atoms with Crippen LogP contribution in [0.3, 0.4) is 0 Å². The van der Waals surface area contributed by atoms with Crippen LogP contribution >= 0.6 is 0 Å². The molecule has 1 N–H and O–H groups in total. The van der Waals surface area contributed by atoms with Gasteiger partial charge < -0.3 is 14.4 Å². The zero-order chi connectivity index (χ0) is 19.7. The minimum atomic E-state index is -0.194. The lowest BCUT2D eigenvalue weighted by molar-refractivity contribution is -0.922. The summed E-state index contributed by atoms with van der Waals surface area (Å²) < 4.78 is 11.5. The number of amides is 2. The molecule has 0 spiro atoms. The maximum absolute atomic E-state index is 12.6. The fourth-order valence-electron chi connectivity index (χ4n) is 3.99. The molecule has 0 aromatic heterocycles. The molecule has 2 aromatic rings. The Morgan fingerprint density at radius 2 is 1.50 bits per heavy atom. The lowest BCUT2D eigenvalue weighted by Crippen LogP contribution is -3.13. The Labute approximate surface area is 164 Å². The summed E-state index contributed by atoms with van der Waals surface area (Å²) in [6.07, 6.45) is 0.875. The molecule has 0 saturated heterocycles. The second-order valence-corrected chi connectivity index (χ2v) is 7.10. The average Bonchev–Trinajstić information content (AvgIpc) is 2.94. The molecular formula is C22H25N2O4+. The van der Waals surface area contributed by atoms with Gasteiger partial charge in [0.25, 0.3) is 11.8 Å². The van der Waals surface area contributed by atoms with Gasteiger partial charge in [-0.3, -0.25) is 9.59 Å². The number of nitrogens with one attached hydrogen (secondary N) is 1. The minimum absolute atomic E-state index is 0.194. The van der Waals surface area contributed by atoms with E-state index in [4.69, 9.17) is 9.47 Å². The van der Waals surface area contributed by atoms with Crippen molar-refractivity contribution >= 4 is 11.8 Å². The highest BCUT2D eigenvalue weighted by Gasteiger charge is 2.38. The van der Waals surface area contributed by atoms with Gasteiger partial charge >= 0.3 is 0 Å². The fraction of sp³-hybridized carbons (Fsp3) is 0.364. The van der Waals surface area contributed by atoms with Gasteiger partial charge in [-0.2, -0.15) is 0 Å². The Morgan fingerprint density at radius 1 is 0.929 bits per heavy atom. The molecule has 4 rings (SSSR count). The number of hydrogen-bond acceptors (Lipinski definition) is 4.